The quantitative estimate of drug-likeness (QED) is 0.516. The first-order valence-electron chi connectivity index (χ1n) is 8.51. The standard InChI is InChI=1S/C19H16ClF4N3O2S/c1-10-18(30(2,28)29)27-17(25-10)16(11-3-8-15(21)14(20)9-11)26-13-6-4-12(5-7-13)19(22,23)24/h3-9,16,26H,1-2H3,(H,25,27). The van der Waals surface area contributed by atoms with Crippen molar-refractivity contribution in [3.05, 3.63) is 75.9 Å². The molecule has 5 nitrogen and oxygen atoms in total. The summed E-state index contributed by atoms with van der Waals surface area (Å²) in [6, 6.07) is 7.32. The lowest BCUT2D eigenvalue weighted by atomic mass is 10.1. The van der Waals surface area contributed by atoms with Gasteiger partial charge in [0.2, 0.25) is 0 Å². The molecule has 1 heterocycles. The minimum absolute atomic E-state index is 0.162. The Hall–Kier alpha value is -2.59. The molecule has 0 aliphatic carbocycles. The van der Waals surface area contributed by atoms with Crippen molar-refractivity contribution in [1.82, 2.24) is 9.97 Å². The monoisotopic (exact) mass is 461 g/mol. The van der Waals surface area contributed by atoms with Crippen LogP contribution >= 0.6 is 11.6 Å². The first-order valence-corrected chi connectivity index (χ1v) is 10.8. The molecule has 2 aromatic carbocycles. The highest BCUT2D eigenvalue weighted by Crippen LogP contribution is 2.32. The number of alkyl halides is 3. The van der Waals surface area contributed by atoms with Gasteiger partial charge in [0.15, 0.2) is 14.9 Å². The molecule has 0 bridgehead atoms. The smallest absolute Gasteiger partial charge is 0.372 e. The van der Waals surface area contributed by atoms with Crippen molar-refractivity contribution in [3.8, 4) is 0 Å². The van der Waals surface area contributed by atoms with Gasteiger partial charge in [-0.1, -0.05) is 17.7 Å². The summed E-state index contributed by atoms with van der Waals surface area (Å²) in [4.78, 5) is 7.01. The molecule has 3 rings (SSSR count). The summed E-state index contributed by atoms with van der Waals surface area (Å²) >= 11 is 5.87. The van der Waals surface area contributed by atoms with Gasteiger partial charge in [0.1, 0.15) is 17.7 Å². The summed E-state index contributed by atoms with van der Waals surface area (Å²) in [6.45, 7) is 1.53. The number of anilines is 1. The number of nitrogens with zero attached hydrogens (tertiary/aromatic N) is 1. The van der Waals surface area contributed by atoms with Gasteiger partial charge in [0.05, 0.1) is 16.3 Å². The van der Waals surface area contributed by atoms with E-state index in [1.54, 1.807) is 0 Å². The van der Waals surface area contributed by atoms with Crippen molar-refractivity contribution in [2.75, 3.05) is 11.6 Å². The van der Waals surface area contributed by atoms with E-state index in [1.165, 1.54) is 31.2 Å². The summed E-state index contributed by atoms with van der Waals surface area (Å²) in [5.41, 5.74) is 0.209. The van der Waals surface area contributed by atoms with E-state index in [2.05, 4.69) is 15.3 Å². The van der Waals surface area contributed by atoms with E-state index >= 15 is 0 Å². The number of hydrogen-bond donors (Lipinski definition) is 2. The van der Waals surface area contributed by atoms with Crippen LogP contribution in [0.3, 0.4) is 0 Å². The summed E-state index contributed by atoms with van der Waals surface area (Å²) in [5.74, 6) is -0.475. The Bertz CT molecular complexity index is 1180. The van der Waals surface area contributed by atoms with Crippen molar-refractivity contribution < 1.29 is 26.0 Å². The summed E-state index contributed by atoms with van der Waals surface area (Å²) in [5, 5.41) is 2.66. The van der Waals surface area contributed by atoms with Gasteiger partial charge in [0.25, 0.3) is 0 Å². The molecule has 3 aromatic rings. The second kappa shape index (κ2) is 7.92. The molecule has 0 amide bonds. The Morgan fingerprint density at radius 3 is 2.27 bits per heavy atom. The number of aromatic nitrogens is 2. The number of H-pyrrole nitrogens is 1. The number of aryl methyl sites for hydroxylation is 1. The third kappa shape index (κ3) is 4.76. The van der Waals surface area contributed by atoms with E-state index in [4.69, 9.17) is 11.6 Å². The van der Waals surface area contributed by atoms with Crippen molar-refractivity contribution in [2.45, 2.75) is 24.2 Å². The molecular weight excluding hydrogens is 446 g/mol. The fraction of sp³-hybridized carbons (Fsp3) is 0.211. The second-order valence-electron chi connectivity index (χ2n) is 6.65. The van der Waals surface area contributed by atoms with Gasteiger partial charge in [0, 0.05) is 11.9 Å². The molecule has 0 spiro atoms. The lowest BCUT2D eigenvalue weighted by Crippen LogP contribution is -2.15. The van der Waals surface area contributed by atoms with E-state index in [0.717, 1.165) is 24.5 Å². The van der Waals surface area contributed by atoms with Crippen LogP contribution in [-0.4, -0.2) is 24.6 Å². The van der Waals surface area contributed by atoms with Crippen LogP contribution in [0.5, 0.6) is 0 Å². The first kappa shape index (κ1) is 22.1. The fourth-order valence-corrected chi connectivity index (χ4v) is 3.95. The van der Waals surface area contributed by atoms with E-state index in [0.29, 0.717) is 16.9 Å². The van der Waals surface area contributed by atoms with Gasteiger partial charge < -0.3 is 10.3 Å². The summed E-state index contributed by atoms with van der Waals surface area (Å²) < 4.78 is 75.9. The van der Waals surface area contributed by atoms with Gasteiger partial charge in [-0.3, -0.25) is 0 Å². The van der Waals surface area contributed by atoms with Gasteiger partial charge in [-0.05, 0) is 48.9 Å². The van der Waals surface area contributed by atoms with Gasteiger partial charge in [-0.25, -0.2) is 17.8 Å². The van der Waals surface area contributed by atoms with Crippen molar-refractivity contribution in [1.29, 1.82) is 0 Å². The van der Waals surface area contributed by atoms with Crippen LogP contribution in [-0.2, 0) is 16.0 Å². The van der Waals surface area contributed by atoms with Crippen molar-refractivity contribution in [3.63, 3.8) is 0 Å². The zero-order valence-corrected chi connectivity index (χ0v) is 17.3. The predicted molar refractivity (Wildman–Crippen MR) is 105 cm³/mol. The van der Waals surface area contributed by atoms with E-state index in [-0.39, 0.29) is 15.9 Å². The maximum absolute atomic E-state index is 13.6. The van der Waals surface area contributed by atoms with Crippen LogP contribution in [0.2, 0.25) is 5.02 Å². The number of imidazole rings is 1. The van der Waals surface area contributed by atoms with Crippen molar-refractivity contribution in [2.24, 2.45) is 0 Å². The molecular formula is C19H16ClF4N3O2S. The number of hydrogen-bond acceptors (Lipinski definition) is 4. The maximum Gasteiger partial charge on any atom is 0.416 e. The second-order valence-corrected chi connectivity index (χ2v) is 8.99. The lowest BCUT2D eigenvalue weighted by molar-refractivity contribution is -0.137. The Kier molecular flexibility index (Phi) is 5.83. The zero-order valence-electron chi connectivity index (χ0n) is 15.7. The minimum atomic E-state index is -4.48. The number of rotatable bonds is 5. The molecule has 1 unspecified atom stereocenters. The maximum atomic E-state index is 13.6. The molecule has 0 aliphatic heterocycles. The highest BCUT2D eigenvalue weighted by molar-refractivity contribution is 7.90. The topological polar surface area (TPSA) is 74.8 Å². The van der Waals surface area contributed by atoms with Crippen LogP contribution in [0, 0.1) is 12.7 Å². The van der Waals surface area contributed by atoms with Crippen LogP contribution in [0.15, 0.2) is 47.5 Å². The van der Waals surface area contributed by atoms with Gasteiger partial charge in [-0.15, -0.1) is 0 Å². The molecule has 0 radical (unpaired) electrons. The van der Waals surface area contributed by atoms with E-state index in [9.17, 15) is 26.0 Å². The molecule has 1 atom stereocenters. The Labute approximate surface area is 175 Å². The minimum Gasteiger partial charge on any atom is -0.372 e. The summed E-state index contributed by atoms with van der Waals surface area (Å²) in [6.07, 6.45) is -3.47. The van der Waals surface area contributed by atoms with Gasteiger partial charge in [-0.2, -0.15) is 13.2 Å². The number of benzene rings is 2. The highest BCUT2D eigenvalue weighted by Gasteiger charge is 2.30. The largest absolute Gasteiger partial charge is 0.416 e. The highest BCUT2D eigenvalue weighted by atomic mass is 35.5. The van der Waals surface area contributed by atoms with Crippen LogP contribution in [0.25, 0.3) is 0 Å². The molecule has 0 saturated heterocycles. The van der Waals surface area contributed by atoms with E-state index in [1.807, 2.05) is 0 Å². The van der Waals surface area contributed by atoms with Crippen LogP contribution in [0.1, 0.15) is 28.7 Å². The molecule has 1 aromatic heterocycles. The molecule has 2 N–H and O–H groups in total. The molecule has 0 aliphatic rings. The average molecular weight is 462 g/mol. The number of sulfone groups is 1. The van der Waals surface area contributed by atoms with E-state index < -0.39 is 33.4 Å². The Balaban J connectivity index is 2.05. The van der Waals surface area contributed by atoms with Crippen LogP contribution < -0.4 is 5.32 Å². The molecule has 0 fully saturated rings. The van der Waals surface area contributed by atoms with Crippen LogP contribution in [0.4, 0.5) is 23.2 Å². The van der Waals surface area contributed by atoms with Crippen molar-refractivity contribution >= 4 is 27.1 Å². The Morgan fingerprint density at radius 2 is 1.77 bits per heavy atom. The third-order valence-corrected chi connectivity index (χ3v) is 5.67. The number of aromatic amines is 1. The first-order chi connectivity index (χ1) is 13.9. The average Bonchev–Trinajstić information content (AvgIpc) is 3.03. The zero-order chi connectivity index (χ0) is 22.3. The molecule has 11 heteroatoms. The molecule has 0 saturated carbocycles. The fourth-order valence-electron chi connectivity index (χ4n) is 2.89. The lowest BCUT2D eigenvalue weighted by Gasteiger charge is -2.19. The van der Waals surface area contributed by atoms with Gasteiger partial charge >= 0.3 is 6.18 Å². The molecule has 30 heavy (non-hydrogen) atoms. The Morgan fingerprint density at radius 1 is 1.13 bits per heavy atom. The predicted octanol–water partition coefficient (Wildman–Crippen LogP) is 5.13. The summed E-state index contributed by atoms with van der Waals surface area (Å²) in [7, 11) is -3.62. The SMILES string of the molecule is Cc1[nH]c(C(Nc2ccc(C(F)(F)F)cc2)c2ccc(F)c(Cl)c2)nc1S(C)(=O)=O. The normalized spacial score (nSPS) is 13.3. The number of nitrogens with one attached hydrogen (secondary N) is 2. The number of halogens is 5. The third-order valence-electron chi connectivity index (χ3n) is 4.28. The molecule has 160 valence electrons.